The van der Waals surface area contributed by atoms with Gasteiger partial charge in [-0.3, -0.25) is 14.3 Å². The maximum Gasteiger partial charge on any atom is 0.270 e. The number of nitrogens with zero attached hydrogens (tertiary/aromatic N) is 5. The zero-order valence-electron chi connectivity index (χ0n) is 20.5. The normalized spacial score (nSPS) is 19.1. The second-order valence-electron chi connectivity index (χ2n) is 8.81. The molecule has 0 amide bonds. The van der Waals surface area contributed by atoms with Crippen molar-refractivity contribution in [3.63, 3.8) is 0 Å². The molecule has 5 rings (SSSR count). The van der Waals surface area contributed by atoms with Gasteiger partial charge in [0.1, 0.15) is 18.7 Å². The van der Waals surface area contributed by atoms with Crippen molar-refractivity contribution in [1.29, 1.82) is 0 Å². The lowest BCUT2D eigenvalue weighted by atomic mass is 9.94. The van der Waals surface area contributed by atoms with E-state index in [1.54, 1.807) is 30.0 Å². The second kappa shape index (κ2) is 13.2. The number of hydrogen-bond donors (Lipinski definition) is 2. The number of methoxy groups -OCH3 is 1. The molecule has 2 atom stereocenters. The molecule has 13 heteroatoms. The number of halogens is 2. The molecule has 37 heavy (non-hydrogen) atoms. The van der Waals surface area contributed by atoms with Crippen molar-refractivity contribution in [2.75, 3.05) is 46.5 Å². The molecule has 5 heterocycles. The molecule has 0 aliphatic carbocycles. The van der Waals surface area contributed by atoms with Crippen LogP contribution in [0.25, 0.3) is 11.2 Å². The number of likely N-dealkylation sites (tertiary alicyclic amines) is 1. The number of aliphatic hydroxyl groups excluding tert-OH is 1. The lowest BCUT2D eigenvalue weighted by molar-refractivity contribution is 0.0257. The molecular formula is C24H32Cl2N6O5. The quantitative estimate of drug-likeness (QED) is 0.420. The number of ether oxygens (including phenoxy) is 3. The SMILES string of the molecule is COc1ccc2ncc(=O)n(CCN3CC[C@@H](O)[C@@H](CNCc4cc5c(cn4)OCCO5)C3)c2n1.Cl.Cl. The van der Waals surface area contributed by atoms with Gasteiger partial charge in [-0.25, -0.2) is 4.98 Å². The van der Waals surface area contributed by atoms with Gasteiger partial charge in [-0.15, -0.1) is 24.8 Å². The van der Waals surface area contributed by atoms with E-state index < -0.39 is 0 Å². The fourth-order valence-electron chi connectivity index (χ4n) is 4.56. The van der Waals surface area contributed by atoms with Gasteiger partial charge in [-0.05, 0) is 12.5 Å². The number of pyridine rings is 2. The minimum absolute atomic E-state index is 0. The first-order chi connectivity index (χ1) is 17.1. The van der Waals surface area contributed by atoms with E-state index in [1.165, 1.54) is 6.20 Å². The number of hydrogen-bond acceptors (Lipinski definition) is 10. The zero-order valence-corrected chi connectivity index (χ0v) is 22.2. The van der Waals surface area contributed by atoms with Crippen LogP contribution in [0.15, 0.2) is 35.4 Å². The van der Waals surface area contributed by atoms with Crippen LogP contribution in [-0.2, 0) is 13.1 Å². The van der Waals surface area contributed by atoms with Crippen molar-refractivity contribution >= 4 is 36.0 Å². The van der Waals surface area contributed by atoms with E-state index in [-0.39, 0.29) is 42.4 Å². The Morgan fingerprint density at radius 3 is 2.76 bits per heavy atom. The van der Waals surface area contributed by atoms with Crippen LogP contribution in [0.3, 0.4) is 0 Å². The van der Waals surface area contributed by atoms with Gasteiger partial charge in [0.2, 0.25) is 5.88 Å². The molecule has 0 radical (unpaired) electrons. The highest BCUT2D eigenvalue weighted by atomic mass is 35.5. The maximum atomic E-state index is 12.5. The smallest absolute Gasteiger partial charge is 0.270 e. The summed E-state index contributed by atoms with van der Waals surface area (Å²) in [5.74, 6) is 1.91. The predicted molar refractivity (Wildman–Crippen MR) is 142 cm³/mol. The fourth-order valence-corrected chi connectivity index (χ4v) is 4.56. The first-order valence-corrected chi connectivity index (χ1v) is 11.9. The summed E-state index contributed by atoms with van der Waals surface area (Å²) in [5.41, 5.74) is 1.83. The van der Waals surface area contributed by atoms with Gasteiger partial charge < -0.3 is 29.5 Å². The molecule has 2 aliphatic heterocycles. The van der Waals surface area contributed by atoms with E-state index in [4.69, 9.17) is 14.2 Å². The second-order valence-corrected chi connectivity index (χ2v) is 8.81. The van der Waals surface area contributed by atoms with Crippen LogP contribution in [0.2, 0.25) is 0 Å². The Kier molecular flexibility index (Phi) is 10.3. The Bertz CT molecular complexity index is 1250. The Morgan fingerprint density at radius 1 is 1.14 bits per heavy atom. The Labute approximate surface area is 227 Å². The van der Waals surface area contributed by atoms with Crippen molar-refractivity contribution in [3.05, 3.63) is 46.6 Å². The predicted octanol–water partition coefficient (Wildman–Crippen LogP) is 1.28. The summed E-state index contributed by atoms with van der Waals surface area (Å²) < 4.78 is 18.0. The lowest BCUT2D eigenvalue weighted by Gasteiger charge is -2.36. The molecule has 0 unspecified atom stereocenters. The largest absolute Gasteiger partial charge is 0.486 e. The fraction of sp³-hybridized carbons (Fsp3) is 0.500. The van der Waals surface area contributed by atoms with Gasteiger partial charge in [0.05, 0.1) is 31.3 Å². The summed E-state index contributed by atoms with van der Waals surface area (Å²) in [6.07, 6.45) is 3.34. The Morgan fingerprint density at radius 2 is 1.95 bits per heavy atom. The molecule has 0 bridgehead atoms. The Balaban J connectivity index is 0.00000190. The average molecular weight is 555 g/mol. The minimum Gasteiger partial charge on any atom is -0.486 e. The molecule has 0 saturated carbocycles. The van der Waals surface area contributed by atoms with Gasteiger partial charge in [0, 0.05) is 57.3 Å². The first kappa shape index (κ1) is 28.9. The monoisotopic (exact) mass is 554 g/mol. The molecule has 3 aromatic heterocycles. The highest BCUT2D eigenvalue weighted by Crippen LogP contribution is 2.29. The summed E-state index contributed by atoms with van der Waals surface area (Å²) in [6.45, 7) is 4.97. The van der Waals surface area contributed by atoms with E-state index in [1.807, 2.05) is 6.07 Å². The van der Waals surface area contributed by atoms with Crippen LogP contribution in [0, 0.1) is 5.92 Å². The minimum atomic E-state index is -0.373. The average Bonchev–Trinajstić information content (AvgIpc) is 2.89. The summed E-state index contributed by atoms with van der Waals surface area (Å²) >= 11 is 0. The summed E-state index contributed by atoms with van der Waals surface area (Å²) in [4.78, 5) is 27.8. The Hall–Kier alpha value is -2.70. The van der Waals surface area contributed by atoms with Gasteiger partial charge in [0.15, 0.2) is 17.1 Å². The molecule has 202 valence electrons. The number of nitrogens with one attached hydrogen (secondary N) is 1. The number of rotatable bonds is 8. The van der Waals surface area contributed by atoms with Crippen LogP contribution >= 0.6 is 24.8 Å². The molecule has 0 aromatic carbocycles. The lowest BCUT2D eigenvalue weighted by Crippen LogP contribution is -2.48. The van der Waals surface area contributed by atoms with E-state index in [0.29, 0.717) is 68.6 Å². The van der Waals surface area contributed by atoms with E-state index >= 15 is 0 Å². The standard InChI is InChI=1S/C24H30N6O5.2ClH/c1-33-22-3-2-18-24(28-22)30(23(32)14-27-18)7-6-29-5-4-19(31)16(15-29)11-25-12-17-10-20-21(13-26-17)35-9-8-34-20;;/h2-3,10,13-14,16,19,25,31H,4-9,11-12,15H2,1H3;2*1H/t16-,19+;;/m0../s1. The van der Waals surface area contributed by atoms with Gasteiger partial charge in [-0.1, -0.05) is 0 Å². The molecule has 3 aromatic rings. The van der Waals surface area contributed by atoms with Gasteiger partial charge in [0.25, 0.3) is 5.56 Å². The van der Waals surface area contributed by atoms with Crippen LogP contribution in [0.5, 0.6) is 17.4 Å². The maximum absolute atomic E-state index is 12.5. The number of piperidine rings is 1. The van der Waals surface area contributed by atoms with Crippen molar-refractivity contribution in [2.24, 2.45) is 5.92 Å². The third-order valence-corrected chi connectivity index (χ3v) is 6.49. The van der Waals surface area contributed by atoms with Crippen LogP contribution in [0.1, 0.15) is 12.1 Å². The molecule has 1 fully saturated rings. The van der Waals surface area contributed by atoms with Gasteiger partial charge in [-0.2, -0.15) is 4.98 Å². The molecule has 1 saturated heterocycles. The van der Waals surface area contributed by atoms with Crippen molar-refractivity contribution in [3.8, 4) is 17.4 Å². The molecule has 11 nitrogen and oxygen atoms in total. The van der Waals surface area contributed by atoms with E-state index in [0.717, 1.165) is 24.5 Å². The highest BCUT2D eigenvalue weighted by molar-refractivity contribution is 5.85. The zero-order chi connectivity index (χ0) is 24.2. The van der Waals surface area contributed by atoms with Crippen molar-refractivity contribution < 1.29 is 19.3 Å². The first-order valence-electron chi connectivity index (χ1n) is 11.9. The van der Waals surface area contributed by atoms with E-state index in [9.17, 15) is 9.90 Å². The summed E-state index contributed by atoms with van der Waals surface area (Å²) in [6, 6.07) is 5.42. The van der Waals surface area contributed by atoms with E-state index in [2.05, 4.69) is 25.2 Å². The van der Waals surface area contributed by atoms with Crippen LogP contribution < -0.4 is 25.1 Å². The third-order valence-electron chi connectivity index (χ3n) is 6.49. The van der Waals surface area contributed by atoms with Crippen molar-refractivity contribution in [1.82, 2.24) is 29.7 Å². The van der Waals surface area contributed by atoms with Crippen LogP contribution in [0.4, 0.5) is 0 Å². The number of fused-ring (bicyclic) bond motifs is 2. The third kappa shape index (κ3) is 6.79. The van der Waals surface area contributed by atoms with Crippen LogP contribution in [-0.4, -0.2) is 82.1 Å². The molecular weight excluding hydrogens is 523 g/mol. The molecule has 0 spiro atoms. The summed E-state index contributed by atoms with van der Waals surface area (Å²) in [5, 5.41) is 14.0. The topological polar surface area (TPSA) is 124 Å². The van der Waals surface area contributed by atoms with Gasteiger partial charge >= 0.3 is 0 Å². The summed E-state index contributed by atoms with van der Waals surface area (Å²) in [7, 11) is 1.55. The number of aromatic nitrogens is 4. The number of aliphatic hydroxyl groups is 1. The molecule has 2 aliphatic rings. The van der Waals surface area contributed by atoms with Crippen molar-refractivity contribution in [2.45, 2.75) is 25.6 Å². The highest BCUT2D eigenvalue weighted by Gasteiger charge is 2.27. The molecule has 2 N–H and O–H groups in total.